The van der Waals surface area contributed by atoms with Gasteiger partial charge in [0, 0.05) is 22.2 Å². The summed E-state index contributed by atoms with van der Waals surface area (Å²) in [5.41, 5.74) is 10.2. The Hall–Kier alpha value is -3.02. The van der Waals surface area contributed by atoms with Crippen molar-refractivity contribution in [1.29, 1.82) is 0 Å². The van der Waals surface area contributed by atoms with E-state index >= 15 is 0 Å². The van der Waals surface area contributed by atoms with Crippen molar-refractivity contribution >= 4 is 34.9 Å². The largest absolute Gasteiger partial charge is 0.332 e. The van der Waals surface area contributed by atoms with Gasteiger partial charge in [-0.1, -0.05) is 41.0 Å². The minimum atomic E-state index is -0.569. The quantitative estimate of drug-likeness (QED) is 0.346. The van der Waals surface area contributed by atoms with Gasteiger partial charge in [0.05, 0.1) is 5.69 Å². The van der Waals surface area contributed by atoms with Crippen LogP contribution in [0.1, 0.15) is 12.5 Å². The second-order valence-corrected chi connectivity index (χ2v) is 6.03. The third-order valence-electron chi connectivity index (χ3n) is 4.02. The first-order chi connectivity index (χ1) is 12.0. The van der Waals surface area contributed by atoms with Crippen LogP contribution in [0.4, 0.5) is 16.2 Å². The molecule has 25 heavy (non-hydrogen) atoms. The zero-order chi connectivity index (χ0) is 18.0. The first-order valence-corrected chi connectivity index (χ1v) is 7.93. The fourth-order valence-electron chi connectivity index (χ4n) is 2.66. The molecule has 0 N–H and O–H groups in total. The smallest absolute Gasteiger partial charge is 0.308 e. The van der Waals surface area contributed by atoms with Gasteiger partial charge in [0.25, 0.3) is 5.91 Å². The van der Waals surface area contributed by atoms with Crippen LogP contribution in [0.25, 0.3) is 10.4 Å². The summed E-state index contributed by atoms with van der Waals surface area (Å²) in [6, 6.07) is 12.5. The Morgan fingerprint density at radius 3 is 2.36 bits per heavy atom. The molecule has 3 amide bonds. The summed E-state index contributed by atoms with van der Waals surface area (Å²) in [5.74, 6) is -0.280. The number of halogens is 1. The average Bonchev–Trinajstić information content (AvgIpc) is 2.81. The van der Waals surface area contributed by atoms with E-state index in [9.17, 15) is 9.59 Å². The lowest BCUT2D eigenvalue weighted by atomic mass is 10.2. The minimum absolute atomic E-state index is 0.280. The molecule has 0 bridgehead atoms. The summed E-state index contributed by atoms with van der Waals surface area (Å²) >= 11 is 5.86. The second kappa shape index (κ2) is 6.84. The van der Waals surface area contributed by atoms with E-state index in [0.29, 0.717) is 16.4 Å². The van der Waals surface area contributed by atoms with E-state index in [2.05, 4.69) is 10.0 Å². The number of carbonyl (C=O) groups excluding carboxylic acids is 2. The van der Waals surface area contributed by atoms with Crippen molar-refractivity contribution < 1.29 is 9.59 Å². The number of anilines is 1. The van der Waals surface area contributed by atoms with Gasteiger partial charge in [0.15, 0.2) is 0 Å². The highest BCUT2D eigenvalue weighted by Gasteiger charge is 2.43. The Bertz CT molecular complexity index is 860. The molecule has 1 heterocycles. The molecule has 7 nitrogen and oxygen atoms in total. The zero-order valence-electron chi connectivity index (χ0n) is 13.3. The molecule has 1 atom stereocenters. The number of imide groups is 1. The maximum atomic E-state index is 12.7. The van der Waals surface area contributed by atoms with E-state index in [1.165, 1.54) is 4.90 Å². The molecule has 1 aliphatic rings. The average molecular weight is 356 g/mol. The number of carbonyl (C=O) groups is 2. The maximum Gasteiger partial charge on any atom is 0.332 e. The van der Waals surface area contributed by atoms with Gasteiger partial charge in [-0.3, -0.25) is 4.79 Å². The summed E-state index contributed by atoms with van der Waals surface area (Å²) in [7, 11) is 0. The van der Waals surface area contributed by atoms with E-state index in [0.717, 1.165) is 10.5 Å². The van der Waals surface area contributed by atoms with Gasteiger partial charge in [-0.2, -0.15) is 0 Å². The van der Waals surface area contributed by atoms with Crippen molar-refractivity contribution in [1.82, 2.24) is 4.90 Å². The number of hydrogen-bond donors (Lipinski definition) is 0. The molecule has 0 aliphatic carbocycles. The van der Waals surface area contributed by atoms with Gasteiger partial charge in [0.1, 0.15) is 6.04 Å². The van der Waals surface area contributed by atoms with Crippen molar-refractivity contribution in [3.05, 3.63) is 69.6 Å². The zero-order valence-corrected chi connectivity index (χ0v) is 14.1. The Labute approximate surface area is 149 Å². The van der Waals surface area contributed by atoms with Crippen LogP contribution in [-0.4, -0.2) is 22.9 Å². The van der Waals surface area contributed by atoms with Crippen molar-refractivity contribution in [3.63, 3.8) is 0 Å². The van der Waals surface area contributed by atoms with Crippen molar-refractivity contribution in [2.24, 2.45) is 5.11 Å². The van der Waals surface area contributed by atoms with E-state index < -0.39 is 6.04 Å². The summed E-state index contributed by atoms with van der Waals surface area (Å²) in [5, 5.41) is 4.04. The minimum Gasteiger partial charge on any atom is -0.308 e. The van der Waals surface area contributed by atoms with Gasteiger partial charge in [-0.05, 0) is 42.3 Å². The molecular weight excluding hydrogens is 342 g/mol. The van der Waals surface area contributed by atoms with Crippen molar-refractivity contribution in [2.45, 2.75) is 19.5 Å². The lowest BCUT2D eigenvalue weighted by molar-refractivity contribution is -0.119. The van der Waals surface area contributed by atoms with Gasteiger partial charge in [-0.15, -0.1) is 0 Å². The summed E-state index contributed by atoms with van der Waals surface area (Å²) in [6.45, 7) is 1.98. The van der Waals surface area contributed by atoms with Crippen LogP contribution in [0.3, 0.4) is 0 Å². The number of hydrogen-bond acceptors (Lipinski definition) is 3. The highest BCUT2D eigenvalue weighted by molar-refractivity contribution is 6.30. The fourth-order valence-corrected chi connectivity index (χ4v) is 2.78. The van der Waals surface area contributed by atoms with E-state index in [1.807, 2.05) is 0 Å². The molecule has 8 heteroatoms. The van der Waals surface area contributed by atoms with E-state index in [4.69, 9.17) is 17.1 Å². The number of benzene rings is 2. The first kappa shape index (κ1) is 16.8. The van der Waals surface area contributed by atoms with E-state index in [1.54, 1.807) is 55.5 Å². The SMILES string of the molecule is C[C@H]1C(=O)N(c2ccc(Cl)cc2)C(=O)N1Cc1ccc(N=[N+]=[N-])cc1. The Balaban J connectivity index is 1.82. The molecule has 0 radical (unpaired) electrons. The summed E-state index contributed by atoms with van der Waals surface area (Å²) in [4.78, 5) is 30.6. The number of azide groups is 1. The lowest BCUT2D eigenvalue weighted by Gasteiger charge is -2.19. The van der Waals surface area contributed by atoms with Gasteiger partial charge < -0.3 is 4.90 Å². The third-order valence-corrected chi connectivity index (χ3v) is 4.27. The van der Waals surface area contributed by atoms with E-state index in [-0.39, 0.29) is 18.5 Å². The normalized spacial score (nSPS) is 17.0. The predicted octanol–water partition coefficient (Wildman–Crippen LogP) is 4.64. The maximum absolute atomic E-state index is 12.7. The van der Waals surface area contributed by atoms with Gasteiger partial charge in [-0.25, -0.2) is 9.69 Å². The highest BCUT2D eigenvalue weighted by atomic mass is 35.5. The van der Waals surface area contributed by atoms with Crippen LogP contribution >= 0.6 is 11.6 Å². The standard InChI is InChI=1S/C17H14ClN5O2/c1-11-16(24)23(15-8-4-13(18)5-9-15)17(25)22(11)10-12-2-6-14(7-3-12)20-21-19/h2-9,11H,10H2,1H3/t11-/m0/s1. The molecule has 1 saturated heterocycles. The molecular formula is C17H14ClN5O2. The number of amides is 3. The molecule has 0 saturated carbocycles. The molecule has 0 aromatic heterocycles. The molecule has 1 fully saturated rings. The van der Waals surface area contributed by atoms with Crippen LogP contribution in [0.5, 0.6) is 0 Å². The monoisotopic (exact) mass is 355 g/mol. The van der Waals surface area contributed by atoms with Crippen LogP contribution in [0.15, 0.2) is 53.6 Å². The third kappa shape index (κ3) is 3.28. The van der Waals surface area contributed by atoms with Crippen molar-refractivity contribution in [3.8, 4) is 0 Å². The Morgan fingerprint density at radius 2 is 1.76 bits per heavy atom. The van der Waals surface area contributed by atoms with Crippen LogP contribution in [0.2, 0.25) is 5.02 Å². The lowest BCUT2D eigenvalue weighted by Crippen LogP contribution is -2.33. The van der Waals surface area contributed by atoms with Crippen molar-refractivity contribution in [2.75, 3.05) is 4.90 Å². The molecule has 2 aromatic rings. The van der Waals surface area contributed by atoms with Crippen LogP contribution in [0, 0.1) is 0 Å². The molecule has 3 rings (SSSR count). The molecule has 2 aromatic carbocycles. The van der Waals surface area contributed by atoms with Crippen LogP contribution < -0.4 is 4.90 Å². The Kier molecular flexibility index (Phi) is 4.61. The number of rotatable bonds is 4. The van der Waals surface area contributed by atoms with Crippen LogP contribution in [-0.2, 0) is 11.3 Å². The molecule has 0 unspecified atom stereocenters. The van der Waals surface area contributed by atoms with Gasteiger partial charge >= 0.3 is 6.03 Å². The van der Waals surface area contributed by atoms with Gasteiger partial charge in [0.2, 0.25) is 0 Å². The molecule has 126 valence electrons. The molecule has 0 spiro atoms. The highest BCUT2D eigenvalue weighted by Crippen LogP contribution is 2.28. The summed E-state index contributed by atoms with van der Waals surface area (Å²) in [6.07, 6.45) is 0. The topological polar surface area (TPSA) is 89.4 Å². The number of nitrogens with zero attached hydrogens (tertiary/aromatic N) is 5. The Morgan fingerprint density at radius 1 is 1.12 bits per heavy atom. The number of urea groups is 1. The second-order valence-electron chi connectivity index (χ2n) is 5.59. The first-order valence-electron chi connectivity index (χ1n) is 7.55. The fraction of sp³-hybridized carbons (Fsp3) is 0.176. The molecule has 1 aliphatic heterocycles. The summed E-state index contributed by atoms with van der Waals surface area (Å²) < 4.78 is 0. The predicted molar refractivity (Wildman–Crippen MR) is 94.6 cm³/mol.